The van der Waals surface area contributed by atoms with E-state index in [1.165, 1.54) is 4.90 Å². The molecule has 1 heterocycles. The van der Waals surface area contributed by atoms with Gasteiger partial charge in [-0.05, 0) is 90.0 Å². The molecule has 1 fully saturated rings. The lowest BCUT2D eigenvalue weighted by Gasteiger charge is -2.33. The number of nitrogens with zero attached hydrogens (tertiary/aromatic N) is 1. The third kappa shape index (κ3) is 11.8. The second kappa shape index (κ2) is 21.2. The number of fused-ring (bicyclic) bond motifs is 2. The average Bonchev–Trinajstić information content (AvgIpc) is 3.27. The summed E-state index contributed by atoms with van der Waals surface area (Å²) in [4.78, 5) is 71.5. The van der Waals surface area contributed by atoms with E-state index in [0.717, 1.165) is 38.2 Å². The highest BCUT2D eigenvalue weighted by Gasteiger charge is 2.35. The second-order valence-corrected chi connectivity index (χ2v) is 15.8. The Labute approximate surface area is 356 Å². The smallest absolute Gasteiger partial charge is 0.243 e. The Balaban J connectivity index is 0.00000352. The predicted molar refractivity (Wildman–Crippen MR) is 242 cm³/mol. The second-order valence-electron chi connectivity index (χ2n) is 15.8. The number of carbonyl (C=O) groups excluding carboxylic acids is 5. The highest BCUT2D eigenvalue weighted by molar-refractivity contribution is 5.96. The third-order valence-electron chi connectivity index (χ3n) is 11.5. The average molecular weight is 818 g/mol. The van der Waals surface area contributed by atoms with Gasteiger partial charge in [0.2, 0.25) is 29.5 Å². The Morgan fingerprint density at radius 3 is 1.70 bits per heavy atom. The van der Waals surface area contributed by atoms with Gasteiger partial charge in [-0.1, -0.05) is 115 Å². The van der Waals surface area contributed by atoms with Gasteiger partial charge >= 0.3 is 0 Å². The number of hydrogen-bond donors (Lipinski definition) is 6. The minimum Gasteiger partial charge on any atom is -0.368 e. The van der Waals surface area contributed by atoms with E-state index >= 15 is 0 Å². The van der Waals surface area contributed by atoms with Gasteiger partial charge in [0.05, 0.1) is 0 Å². The van der Waals surface area contributed by atoms with Gasteiger partial charge in [0.15, 0.2) is 0 Å². The van der Waals surface area contributed by atoms with Crippen molar-refractivity contribution >= 4 is 51.1 Å². The van der Waals surface area contributed by atoms with Crippen LogP contribution in [0, 0.1) is 5.92 Å². The van der Waals surface area contributed by atoms with Gasteiger partial charge in [-0.3, -0.25) is 24.0 Å². The van der Waals surface area contributed by atoms with Crippen molar-refractivity contribution in [3.05, 3.63) is 132 Å². The Morgan fingerprint density at radius 2 is 1.13 bits per heavy atom. The molecule has 6 rings (SSSR count). The number of rotatable bonds is 19. The molecule has 0 bridgehead atoms. The maximum atomic E-state index is 14.8. The third-order valence-corrected chi connectivity index (χ3v) is 11.5. The first kappa shape index (κ1) is 43.5. The number of unbranched alkanes of at least 4 members (excludes halogenated alkanes) is 1. The molecule has 5 aromatic rings. The minimum atomic E-state index is -1.15. The summed E-state index contributed by atoms with van der Waals surface area (Å²) in [6.07, 6.45) is 3.28. The fraction of sp³-hybridized carbons (Fsp3) is 0.354. The molecule has 12 heteroatoms. The molecule has 0 saturated carbocycles. The highest BCUT2D eigenvalue weighted by Crippen LogP contribution is 2.22. The topological polar surface area (TPSA) is 189 Å². The van der Waals surface area contributed by atoms with Gasteiger partial charge < -0.3 is 37.6 Å². The van der Waals surface area contributed by atoms with E-state index in [0.29, 0.717) is 51.7 Å². The normalized spacial score (nSPS) is 15.0. The lowest BCUT2D eigenvalue weighted by molar-refractivity contribution is -0.143. The van der Waals surface area contributed by atoms with E-state index in [9.17, 15) is 24.0 Å². The molecule has 5 aromatic carbocycles. The number of piperidine rings is 1. The summed E-state index contributed by atoms with van der Waals surface area (Å²) >= 11 is 0. The van der Waals surface area contributed by atoms with Crippen LogP contribution in [0.25, 0.3) is 21.5 Å². The predicted octanol–water partition coefficient (Wildman–Crippen LogP) is 4.65. The van der Waals surface area contributed by atoms with E-state index in [1.54, 1.807) is 7.05 Å². The molecule has 0 spiro atoms. The molecule has 320 valence electrons. The van der Waals surface area contributed by atoms with Crippen LogP contribution in [0.15, 0.2) is 115 Å². The number of carbonyl (C=O) groups is 5. The summed E-state index contributed by atoms with van der Waals surface area (Å²) in [7, 11) is 1.66. The number of nitrogens with one attached hydrogen (secondary N) is 4. The van der Waals surface area contributed by atoms with Crippen LogP contribution in [-0.2, 0) is 43.2 Å². The van der Waals surface area contributed by atoms with Gasteiger partial charge in [-0.2, -0.15) is 0 Å². The van der Waals surface area contributed by atoms with Crippen molar-refractivity contribution in [2.75, 3.05) is 26.7 Å². The Hall–Kier alpha value is -6.11. The number of nitrogens with two attached hydrogens (primary N) is 2. The minimum absolute atomic E-state index is 0. The molecule has 5 amide bonds. The Bertz CT molecular complexity index is 2280. The van der Waals surface area contributed by atoms with Crippen molar-refractivity contribution in [2.24, 2.45) is 17.4 Å². The number of likely N-dealkylation sites (N-methyl/N-ethyl adjacent to an activating group) is 1. The zero-order valence-corrected chi connectivity index (χ0v) is 34.3. The molecule has 0 radical (unpaired) electrons. The van der Waals surface area contributed by atoms with E-state index in [1.807, 2.05) is 115 Å². The van der Waals surface area contributed by atoms with Crippen LogP contribution < -0.4 is 32.7 Å². The summed E-state index contributed by atoms with van der Waals surface area (Å²) < 4.78 is 0. The van der Waals surface area contributed by atoms with Crippen LogP contribution in [0.2, 0.25) is 0 Å². The quantitative estimate of drug-likeness (QED) is 0.0655. The molecule has 1 aliphatic heterocycles. The molecule has 8 N–H and O–H groups in total. The van der Waals surface area contributed by atoms with Crippen LogP contribution in [0.3, 0.4) is 0 Å². The molecule has 2 unspecified atom stereocenters. The van der Waals surface area contributed by atoms with Crippen LogP contribution in [0.1, 0.15) is 53.1 Å². The van der Waals surface area contributed by atoms with E-state index in [4.69, 9.17) is 11.5 Å². The number of amides is 5. The maximum Gasteiger partial charge on any atom is 0.243 e. The Morgan fingerprint density at radius 1 is 0.633 bits per heavy atom. The van der Waals surface area contributed by atoms with Crippen LogP contribution in [0.5, 0.6) is 0 Å². The monoisotopic (exact) mass is 817 g/mol. The van der Waals surface area contributed by atoms with Gasteiger partial charge in [-0.25, -0.2) is 0 Å². The molecular weight excluding hydrogens is 755 g/mol. The number of benzene rings is 5. The standard InChI is InChI=1S/C48H57N7O5.3H2/c1-55(48(60)37-22-25-51-26-23-37)43(31-34-19-21-36-14-6-8-16-39(36)28-34)47(59)54-42(30-33-18-20-35-13-5-7-15-38(35)27-33)46(58)53-41(29-32-11-3-2-4-12-32)45(57)52-40(44(50)56)17-9-10-24-49;;;/h2-8,11-16,18-21,27-28,37,40-43,51H,9-10,17,22-26,29-31,49H2,1H3,(H2,50,56)(H,52,57)(H,53,58)(H,54,59);3*1H/t40?,41-,42+,43?;;;/m0.../s1. The largest absolute Gasteiger partial charge is 0.368 e. The molecule has 1 aliphatic rings. The fourth-order valence-electron chi connectivity index (χ4n) is 7.97. The number of hydrogen-bond acceptors (Lipinski definition) is 7. The van der Waals surface area contributed by atoms with E-state index in [-0.39, 0.29) is 35.4 Å². The molecule has 60 heavy (non-hydrogen) atoms. The van der Waals surface area contributed by atoms with Gasteiger partial charge in [0.1, 0.15) is 24.2 Å². The van der Waals surface area contributed by atoms with E-state index < -0.39 is 47.8 Å². The Kier molecular flexibility index (Phi) is 15.4. The van der Waals surface area contributed by atoms with E-state index in [2.05, 4.69) is 21.3 Å². The van der Waals surface area contributed by atoms with Crippen molar-refractivity contribution < 1.29 is 28.3 Å². The van der Waals surface area contributed by atoms with Crippen LogP contribution >= 0.6 is 0 Å². The first-order chi connectivity index (χ1) is 29.1. The highest BCUT2D eigenvalue weighted by atomic mass is 16.2. The first-order valence-corrected chi connectivity index (χ1v) is 21.0. The molecular formula is C48H63N7O5. The van der Waals surface area contributed by atoms with Crippen LogP contribution in [0.4, 0.5) is 0 Å². The number of primary amides is 1. The van der Waals surface area contributed by atoms with Crippen molar-refractivity contribution in [3.63, 3.8) is 0 Å². The van der Waals surface area contributed by atoms with Crippen molar-refractivity contribution in [3.8, 4) is 0 Å². The summed E-state index contributed by atoms with van der Waals surface area (Å²) in [6, 6.07) is 32.7. The summed E-state index contributed by atoms with van der Waals surface area (Å²) in [5.74, 6) is -2.72. The SMILES string of the molecule is CN(C(=O)C1CCNCC1)C(Cc1ccc2ccccc2c1)C(=O)N[C@H](Cc1ccc2ccccc2c1)C(=O)N[C@@H](Cc1ccccc1)C(=O)NC(CCCCN)C(N)=O.[HH].[HH].[HH]. The van der Waals surface area contributed by atoms with Crippen molar-refractivity contribution in [1.82, 2.24) is 26.2 Å². The molecule has 1 saturated heterocycles. The molecule has 4 atom stereocenters. The van der Waals surface area contributed by atoms with Gasteiger partial charge in [-0.15, -0.1) is 0 Å². The summed E-state index contributed by atoms with van der Waals surface area (Å²) in [5, 5.41) is 16.1. The summed E-state index contributed by atoms with van der Waals surface area (Å²) in [6.45, 7) is 1.86. The lowest BCUT2D eigenvalue weighted by atomic mass is 9.94. The zero-order valence-electron chi connectivity index (χ0n) is 34.3. The molecule has 0 aromatic heterocycles. The zero-order chi connectivity index (χ0) is 42.4. The molecule has 12 nitrogen and oxygen atoms in total. The lowest BCUT2D eigenvalue weighted by Crippen LogP contribution is -2.59. The first-order valence-electron chi connectivity index (χ1n) is 21.0. The van der Waals surface area contributed by atoms with Gasteiger partial charge in [0.25, 0.3) is 0 Å². The molecule has 0 aliphatic carbocycles. The summed E-state index contributed by atoms with van der Waals surface area (Å²) in [5.41, 5.74) is 13.8. The van der Waals surface area contributed by atoms with Crippen LogP contribution in [-0.4, -0.2) is 85.3 Å². The maximum absolute atomic E-state index is 14.8. The van der Waals surface area contributed by atoms with Crippen molar-refractivity contribution in [2.45, 2.75) is 75.5 Å². The van der Waals surface area contributed by atoms with Gasteiger partial charge in [0, 0.05) is 36.5 Å². The fourth-order valence-corrected chi connectivity index (χ4v) is 7.97. The van der Waals surface area contributed by atoms with Crippen molar-refractivity contribution in [1.29, 1.82) is 0 Å².